The molecule has 1 aliphatic heterocycles. The zero-order valence-electron chi connectivity index (χ0n) is 19.7. The van der Waals surface area contributed by atoms with Crippen LogP contribution in [-0.4, -0.2) is 16.1 Å². The number of alkyl halides is 3. The van der Waals surface area contributed by atoms with Gasteiger partial charge in [0, 0.05) is 29.7 Å². The molecule has 0 saturated carbocycles. The topological polar surface area (TPSA) is 65.5 Å². The van der Waals surface area contributed by atoms with Crippen molar-refractivity contribution in [3.8, 4) is 0 Å². The van der Waals surface area contributed by atoms with Crippen molar-refractivity contribution >= 4 is 28.4 Å². The second-order valence-corrected chi connectivity index (χ2v) is 9.11. The lowest BCUT2D eigenvalue weighted by Gasteiger charge is -2.23. The van der Waals surface area contributed by atoms with Gasteiger partial charge in [-0.1, -0.05) is 36.4 Å². The third kappa shape index (κ3) is 4.34. The molecule has 0 amide bonds. The number of para-hydroxylation sites is 1. The summed E-state index contributed by atoms with van der Waals surface area (Å²) in [5.41, 5.74) is 3.58. The van der Waals surface area contributed by atoms with E-state index in [4.69, 9.17) is 4.98 Å². The van der Waals surface area contributed by atoms with Crippen molar-refractivity contribution in [3.05, 3.63) is 100 Å². The van der Waals surface area contributed by atoms with E-state index >= 15 is 0 Å². The Morgan fingerprint density at radius 1 is 1.03 bits per heavy atom. The number of hydrogen-bond donors (Lipinski definition) is 2. The molecule has 0 saturated heterocycles. The van der Waals surface area contributed by atoms with Gasteiger partial charge in [-0.3, -0.25) is 0 Å². The van der Waals surface area contributed by atoms with Gasteiger partial charge < -0.3 is 15.3 Å². The van der Waals surface area contributed by atoms with Gasteiger partial charge in [0.1, 0.15) is 5.82 Å². The number of hydrogen-bond acceptors (Lipinski definition) is 4. The summed E-state index contributed by atoms with van der Waals surface area (Å²) >= 11 is 0. The highest BCUT2D eigenvalue weighted by atomic mass is 19.4. The molecule has 184 valence electrons. The first-order valence-electron chi connectivity index (χ1n) is 11.5. The third-order valence-electron chi connectivity index (χ3n) is 6.57. The largest absolute Gasteiger partial charge is 0.478 e. The molecule has 2 N–H and O–H groups in total. The first-order chi connectivity index (χ1) is 17.1. The number of fused-ring (bicyclic) bond motifs is 2. The number of aromatic nitrogens is 1. The van der Waals surface area contributed by atoms with Crippen LogP contribution in [-0.2, 0) is 19.3 Å². The van der Waals surface area contributed by atoms with Crippen LogP contribution in [0, 0.1) is 6.92 Å². The predicted molar refractivity (Wildman–Crippen MR) is 133 cm³/mol. The first kappa shape index (κ1) is 23.7. The molecule has 0 bridgehead atoms. The summed E-state index contributed by atoms with van der Waals surface area (Å²) in [6.45, 7) is 4.91. The maximum Gasteiger partial charge on any atom is 0.416 e. The van der Waals surface area contributed by atoms with E-state index in [1.54, 1.807) is 31.2 Å². The minimum absolute atomic E-state index is 0.0416. The zero-order chi connectivity index (χ0) is 25.6. The van der Waals surface area contributed by atoms with E-state index in [1.165, 1.54) is 17.2 Å². The van der Waals surface area contributed by atoms with Crippen molar-refractivity contribution < 1.29 is 23.1 Å². The van der Waals surface area contributed by atoms with E-state index in [0.29, 0.717) is 35.2 Å². The number of anilines is 2. The molecule has 0 unspecified atom stereocenters. The van der Waals surface area contributed by atoms with Crippen LogP contribution in [0.25, 0.3) is 10.9 Å². The Bertz CT molecular complexity index is 1460. The molecule has 1 aliphatic rings. The molecule has 3 aromatic carbocycles. The number of nitrogens with one attached hydrogen (secondary N) is 1. The molecule has 8 heteroatoms. The van der Waals surface area contributed by atoms with Gasteiger partial charge >= 0.3 is 12.1 Å². The van der Waals surface area contributed by atoms with Crippen LogP contribution in [0.1, 0.15) is 51.1 Å². The maximum atomic E-state index is 13.8. The van der Waals surface area contributed by atoms with Crippen LogP contribution in [0.3, 0.4) is 0 Å². The van der Waals surface area contributed by atoms with Gasteiger partial charge in [-0.2, -0.15) is 13.2 Å². The van der Waals surface area contributed by atoms with Crippen molar-refractivity contribution in [3.63, 3.8) is 0 Å². The molecule has 0 aliphatic carbocycles. The number of carboxylic acids is 1. The van der Waals surface area contributed by atoms with Crippen LogP contribution in [0.5, 0.6) is 0 Å². The zero-order valence-corrected chi connectivity index (χ0v) is 19.7. The van der Waals surface area contributed by atoms with E-state index in [9.17, 15) is 23.1 Å². The average molecular weight is 492 g/mol. The van der Waals surface area contributed by atoms with Gasteiger partial charge in [-0.15, -0.1) is 0 Å². The maximum absolute atomic E-state index is 13.8. The number of carbonyl (C=O) groups is 1. The molecule has 1 atom stereocenters. The van der Waals surface area contributed by atoms with Gasteiger partial charge in [0.2, 0.25) is 0 Å². The van der Waals surface area contributed by atoms with Crippen molar-refractivity contribution in [2.75, 3.05) is 10.2 Å². The third-order valence-corrected chi connectivity index (χ3v) is 6.57. The highest BCUT2D eigenvalue weighted by Gasteiger charge is 2.33. The Morgan fingerprint density at radius 3 is 2.31 bits per heavy atom. The minimum atomic E-state index is -4.54. The van der Waals surface area contributed by atoms with Crippen molar-refractivity contribution in [2.24, 2.45) is 0 Å². The van der Waals surface area contributed by atoms with Crippen molar-refractivity contribution in [2.45, 2.75) is 39.2 Å². The Hall–Kier alpha value is -4.07. The lowest BCUT2D eigenvalue weighted by atomic mass is 9.98. The van der Waals surface area contributed by atoms with Gasteiger partial charge in [-0.25, -0.2) is 9.78 Å². The molecule has 0 radical (unpaired) electrons. The Kier molecular flexibility index (Phi) is 5.82. The molecule has 0 fully saturated rings. The molecule has 1 aromatic heterocycles. The summed E-state index contributed by atoms with van der Waals surface area (Å²) in [6, 6.07) is 17.8. The molecule has 2 heterocycles. The highest BCUT2D eigenvalue weighted by Crippen LogP contribution is 2.38. The lowest BCUT2D eigenvalue weighted by molar-refractivity contribution is -0.137. The monoisotopic (exact) mass is 491 g/mol. The summed E-state index contributed by atoms with van der Waals surface area (Å²) in [6.07, 6.45) is -4.54. The van der Waals surface area contributed by atoms with Crippen LogP contribution < -0.4 is 10.2 Å². The van der Waals surface area contributed by atoms with Gasteiger partial charge in [0.05, 0.1) is 22.7 Å². The summed E-state index contributed by atoms with van der Waals surface area (Å²) in [4.78, 5) is 18.7. The molecule has 0 spiro atoms. The number of rotatable bonds is 5. The fraction of sp³-hybridized carbons (Fsp3) is 0.214. The lowest BCUT2D eigenvalue weighted by Crippen LogP contribution is -2.18. The molecule has 4 aromatic rings. The van der Waals surface area contributed by atoms with Crippen LogP contribution in [0.4, 0.5) is 24.7 Å². The normalized spacial score (nSPS) is 14.1. The number of halogens is 3. The second-order valence-electron chi connectivity index (χ2n) is 9.11. The van der Waals surface area contributed by atoms with Gasteiger partial charge in [0.25, 0.3) is 0 Å². The van der Waals surface area contributed by atoms with Crippen molar-refractivity contribution in [1.82, 2.24) is 4.98 Å². The SMILES string of the molecule is Cc1cc2cc(C(F)(F)F)cc([C@@H](C)Nc3ccccc3C(=O)O)c2nc1N1Cc2ccccc2C1. The van der Waals surface area contributed by atoms with E-state index < -0.39 is 23.8 Å². The Morgan fingerprint density at radius 2 is 1.67 bits per heavy atom. The first-order valence-corrected chi connectivity index (χ1v) is 11.5. The predicted octanol–water partition coefficient (Wildman–Crippen LogP) is 6.95. The highest BCUT2D eigenvalue weighted by molar-refractivity contribution is 5.94. The number of nitrogens with zero attached hydrogens (tertiary/aromatic N) is 2. The summed E-state index contributed by atoms with van der Waals surface area (Å²) in [5.74, 6) is -0.401. The summed E-state index contributed by atoms with van der Waals surface area (Å²) < 4.78 is 41.4. The van der Waals surface area contributed by atoms with E-state index in [2.05, 4.69) is 22.3 Å². The quantitative estimate of drug-likeness (QED) is 0.316. The number of carboxylic acid groups (broad SMARTS) is 1. The smallest absolute Gasteiger partial charge is 0.416 e. The molecule has 5 nitrogen and oxygen atoms in total. The number of aromatic carboxylic acids is 1. The summed E-state index contributed by atoms with van der Waals surface area (Å²) in [7, 11) is 0. The van der Waals surface area contributed by atoms with E-state index in [0.717, 1.165) is 23.5 Å². The van der Waals surface area contributed by atoms with E-state index in [1.807, 2.05) is 19.1 Å². The Balaban J connectivity index is 1.62. The molecule has 5 rings (SSSR count). The molecular weight excluding hydrogens is 467 g/mol. The second kappa shape index (κ2) is 8.86. The molecular formula is C28H24F3N3O2. The Labute approximate surface area is 206 Å². The fourth-order valence-electron chi connectivity index (χ4n) is 4.81. The van der Waals surface area contributed by atoms with Gasteiger partial charge in [0.15, 0.2) is 0 Å². The van der Waals surface area contributed by atoms with Gasteiger partial charge in [-0.05, 0) is 60.9 Å². The van der Waals surface area contributed by atoms with Crippen LogP contribution in [0.15, 0.2) is 66.7 Å². The number of benzene rings is 3. The van der Waals surface area contributed by atoms with Crippen LogP contribution in [0.2, 0.25) is 0 Å². The average Bonchev–Trinajstić information content (AvgIpc) is 3.26. The number of aryl methyl sites for hydroxylation is 1. The van der Waals surface area contributed by atoms with E-state index in [-0.39, 0.29) is 5.56 Å². The summed E-state index contributed by atoms with van der Waals surface area (Å²) in [5, 5.41) is 13.0. The number of pyridine rings is 1. The standard InChI is InChI=1S/C28H24F3N3O2/c1-16-11-20-12-21(28(29,30)31)13-23(17(2)32-24-10-6-5-9-22(24)27(35)36)25(20)33-26(16)34-14-18-7-3-4-8-19(18)15-34/h3-13,17,32H,14-15H2,1-2H3,(H,35,36)/t17-/m1/s1. The fourth-order valence-corrected chi connectivity index (χ4v) is 4.81. The minimum Gasteiger partial charge on any atom is -0.478 e. The van der Waals surface area contributed by atoms with Crippen LogP contribution >= 0.6 is 0 Å². The molecule has 36 heavy (non-hydrogen) atoms. The van der Waals surface area contributed by atoms with Crippen molar-refractivity contribution in [1.29, 1.82) is 0 Å².